The van der Waals surface area contributed by atoms with Crippen LogP contribution in [0.25, 0.3) is 10.9 Å². The van der Waals surface area contributed by atoms with Crippen molar-refractivity contribution in [1.82, 2.24) is 9.47 Å². The van der Waals surface area contributed by atoms with E-state index in [4.69, 9.17) is 28.6 Å². The zero-order valence-electron chi connectivity index (χ0n) is 17.4. The average Bonchev–Trinajstić information content (AvgIpc) is 3.26. The highest BCUT2D eigenvalue weighted by Gasteiger charge is 2.63. The zero-order chi connectivity index (χ0) is 22.1. The van der Waals surface area contributed by atoms with E-state index in [0.717, 1.165) is 22.2 Å². The molecule has 1 saturated carbocycles. The van der Waals surface area contributed by atoms with Gasteiger partial charge in [-0.15, -0.1) is 0 Å². The number of carbonyl (C=O) groups excluding carboxylic acids is 1. The van der Waals surface area contributed by atoms with Crippen LogP contribution >= 0.6 is 23.8 Å². The molecule has 1 aromatic heterocycles. The molecule has 4 heterocycles. The normalized spacial score (nSPS) is 29.0. The van der Waals surface area contributed by atoms with Crippen LogP contribution < -0.4 is 4.90 Å². The molecule has 3 aliphatic heterocycles. The number of hydrogen-bond acceptors (Lipinski definition) is 4. The number of nitrogens with zero attached hydrogens (tertiary/aromatic N) is 3. The molecular formula is C24H22ClN3O3S. The van der Waals surface area contributed by atoms with Gasteiger partial charge in [-0.3, -0.25) is 4.79 Å². The van der Waals surface area contributed by atoms with Gasteiger partial charge in [0.05, 0.1) is 24.1 Å². The maximum atomic E-state index is 12.7. The van der Waals surface area contributed by atoms with Crippen LogP contribution in [-0.4, -0.2) is 49.9 Å². The molecule has 3 saturated heterocycles. The molecule has 2 aromatic carbocycles. The summed E-state index contributed by atoms with van der Waals surface area (Å²) < 4.78 is 7.79. The fourth-order valence-electron chi connectivity index (χ4n) is 5.68. The number of ether oxygens (including phenoxy) is 1. The number of aliphatic hydroxyl groups is 1. The largest absolute Gasteiger partial charge is 0.457 e. The molecule has 1 aliphatic carbocycles. The number of rotatable bonds is 3. The number of thiocarbonyl (C=S) groups is 1. The SMILES string of the molecule is Cn1cc(CN2C(=S)N(c3ccc(Cl)cc3)[C@H]3[C@@H]2[C@H]2OC(=O)[C@@H]3C[C@H]2O)c2ccccc21. The first-order chi connectivity index (χ1) is 15.4. The van der Waals surface area contributed by atoms with E-state index in [1.807, 2.05) is 43.4 Å². The Morgan fingerprint density at radius 1 is 1.16 bits per heavy atom. The maximum Gasteiger partial charge on any atom is 0.311 e. The van der Waals surface area contributed by atoms with Gasteiger partial charge in [-0.2, -0.15) is 0 Å². The molecule has 0 spiro atoms. The number of aliphatic hydroxyl groups excluding tert-OH is 1. The molecule has 5 atom stereocenters. The topological polar surface area (TPSA) is 57.9 Å². The number of anilines is 1. The van der Waals surface area contributed by atoms with Crippen molar-refractivity contribution in [3.8, 4) is 0 Å². The van der Waals surface area contributed by atoms with Crippen LogP contribution in [0.4, 0.5) is 5.69 Å². The average molecular weight is 468 g/mol. The molecule has 0 amide bonds. The molecule has 2 bridgehead atoms. The Balaban J connectivity index is 1.45. The summed E-state index contributed by atoms with van der Waals surface area (Å²) in [6.45, 7) is 0.568. The minimum Gasteiger partial charge on any atom is -0.457 e. The summed E-state index contributed by atoms with van der Waals surface area (Å²) >= 11 is 12.1. The number of para-hydroxylation sites is 1. The first-order valence-electron chi connectivity index (χ1n) is 10.7. The molecule has 164 valence electrons. The van der Waals surface area contributed by atoms with Crippen molar-refractivity contribution in [2.75, 3.05) is 4.90 Å². The van der Waals surface area contributed by atoms with Crippen LogP contribution in [0.1, 0.15) is 12.0 Å². The van der Waals surface area contributed by atoms with Crippen molar-refractivity contribution in [1.29, 1.82) is 0 Å². The Bertz CT molecular complexity index is 1240. The van der Waals surface area contributed by atoms with Crippen LogP contribution in [0.5, 0.6) is 0 Å². The number of aromatic nitrogens is 1. The summed E-state index contributed by atoms with van der Waals surface area (Å²) in [5.74, 6) is -0.693. The predicted molar refractivity (Wildman–Crippen MR) is 127 cm³/mol. The third-order valence-corrected chi connectivity index (χ3v) is 7.75. The van der Waals surface area contributed by atoms with Crippen molar-refractivity contribution in [2.24, 2.45) is 13.0 Å². The van der Waals surface area contributed by atoms with Crippen LogP contribution in [0.3, 0.4) is 0 Å². The van der Waals surface area contributed by atoms with Crippen molar-refractivity contribution in [2.45, 2.75) is 37.3 Å². The highest BCUT2D eigenvalue weighted by Crippen LogP contribution is 2.46. The fourth-order valence-corrected chi connectivity index (χ4v) is 6.22. The van der Waals surface area contributed by atoms with Gasteiger partial charge in [-0.1, -0.05) is 29.8 Å². The van der Waals surface area contributed by atoms with Gasteiger partial charge in [-0.05, 0) is 54.5 Å². The Kier molecular flexibility index (Phi) is 4.51. The number of aryl methyl sites for hydroxylation is 1. The quantitative estimate of drug-likeness (QED) is 0.470. The van der Waals surface area contributed by atoms with Crippen molar-refractivity contribution >= 4 is 51.5 Å². The molecule has 32 heavy (non-hydrogen) atoms. The second-order valence-corrected chi connectivity index (χ2v) is 9.63. The number of fused-ring (bicyclic) bond motifs is 3. The Morgan fingerprint density at radius 3 is 2.69 bits per heavy atom. The second kappa shape index (κ2) is 7.20. The van der Waals surface area contributed by atoms with Gasteiger partial charge in [0.25, 0.3) is 0 Å². The van der Waals surface area contributed by atoms with Crippen molar-refractivity contribution in [3.63, 3.8) is 0 Å². The fraction of sp³-hybridized carbons (Fsp3) is 0.333. The Hall–Kier alpha value is -2.61. The van der Waals surface area contributed by atoms with Gasteiger partial charge in [0.1, 0.15) is 6.10 Å². The van der Waals surface area contributed by atoms with E-state index in [1.54, 1.807) is 0 Å². The van der Waals surface area contributed by atoms with Gasteiger partial charge < -0.3 is 24.2 Å². The summed E-state index contributed by atoms with van der Waals surface area (Å²) in [5.41, 5.74) is 3.18. The van der Waals surface area contributed by atoms with Gasteiger partial charge in [0.2, 0.25) is 0 Å². The maximum absolute atomic E-state index is 12.7. The summed E-state index contributed by atoms with van der Waals surface area (Å²) in [4.78, 5) is 16.9. The van der Waals surface area contributed by atoms with Crippen LogP contribution in [0, 0.1) is 5.92 Å². The van der Waals surface area contributed by atoms with E-state index >= 15 is 0 Å². The Morgan fingerprint density at radius 2 is 1.91 bits per heavy atom. The molecule has 4 aliphatic rings. The van der Waals surface area contributed by atoms with Gasteiger partial charge in [0, 0.05) is 41.4 Å². The smallest absolute Gasteiger partial charge is 0.311 e. The lowest BCUT2D eigenvalue weighted by Gasteiger charge is -2.49. The summed E-state index contributed by atoms with van der Waals surface area (Å²) in [6.07, 6.45) is 1.21. The van der Waals surface area contributed by atoms with Crippen LogP contribution in [0.2, 0.25) is 5.02 Å². The van der Waals surface area contributed by atoms with E-state index in [1.165, 1.54) is 0 Å². The molecule has 3 aromatic rings. The molecular weight excluding hydrogens is 446 g/mol. The third kappa shape index (κ3) is 2.81. The van der Waals surface area contributed by atoms with Gasteiger partial charge in [-0.25, -0.2) is 0 Å². The predicted octanol–water partition coefficient (Wildman–Crippen LogP) is 3.48. The minimum absolute atomic E-state index is 0.187. The zero-order valence-corrected chi connectivity index (χ0v) is 19.0. The van der Waals surface area contributed by atoms with E-state index < -0.39 is 18.1 Å². The number of halogens is 1. The number of esters is 1. The van der Waals surface area contributed by atoms with Gasteiger partial charge in [0.15, 0.2) is 5.11 Å². The molecule has 0 unspecified atom stereocenters. The van der Waals surface area contributed by atoms with E-state index in [0.29, 0.717) is 23.1 Å². The van der Waals surface area contributed by atoms with Crippen LogP contribution in [0.15, 0.2) is 54.7 Å². The Labute approximate surface area is 195 Å². The lowest BCUT2D eigenvalue weighted by atomic mass is 9.74. The van der Waals surface area contributed by atoms with E-state index in [2.05, 4.69) is 32.7 Å². The van der Waals surface area contributed by atoms with Gasteiger partial charge >= 0.3 is 5.97 Å². The van der Waals surface area contributed by atoms with Crippen molar-refractivity contribution in [3.05, 3.63) is 65.3 Å². The second-order valence-electron chi connectivity index (χ2n) is 8.83. The molecule has 7 rings (SSSR count). The lowest BCUT2D eigenvalue weighted by molar-refractivity contribution is -0.194. The van der Waals surface area contributed by atoms with E-state index in [9.17, 15) is 9.90 Å². The molecule has 4 fully saturated rings. The van der Waals surface area contributed by atoms with Crippen molar-refractivity contribution < 1.29 is 14.6 Å². The highest BCUT2D eigenvalue weighted by molar-refractivity contribution is 7.80. The number of carbonyl (C=O) groups is 1. The molecule has 1 N–H and O–H groups in total. The first-order valence-corrected chi connectivity index (χ1v) is 11.5. The number of hydrogen-bond donors (Lipinski definition) is 1. The highest BCUT2D eigenvalue weighted by atomic mass is 35.5. The van der Waals surface area contributed by atoms with E-state index in [-0.39, 0.29) is 18.1 Å². The third-order valence-electron chi connectivity index (χ3n) is 7.06. The molecule has 6 nitrogen and oxygen atoms in total. The number of benzene rings is 2. The standard InChI is InChI=1S/C24H22ClN3O3S/c1-26-11-13(16-4-2-3-5-18(16)26)12-27-21-20(17-10-19(29)22(21)31-23(17)30)28(24(27)32)15-8-6-14(25)7-9-15/h2-9,11,17,19-22,29H,10,12H2,1H3/t17-,19-,20-,21-,22+/m1/s1. The lowest BCUT2D eigenvalue weighted by Crippen LogP contribution is -2.66. The summed E-state index contributed by atoms with van der Waals surface area (Å²) in [6, 6.07) is 15.4. The van der Waals surface area contributed by atoms with Crippen LogP contribution in [-0.2, 0) is 23.1 Å². The summed E-state index contributed by atoms with van der Waals surface area (Å²) in [7, 11) is 2.03. The molecule has 0 radical (unpaired) electrons. The first kappa shape index (κ1) is 20.0. The monoisotopic (exact) mass is 467 g/mol. The minimum atomic E-state index is -0.693. The summed E-state index contributed by atoms with van der Waals surface area (Å²) in [5, 5.41) is 13.2. The molecule has 8 heteroatoms.